The number of nitrogens with two attached hydrogens (primary N) is 1. The van der Waals surface area contributed by atoms with Crippen molar-refractivity contribution in [3.63, 3.8) is 0 Å². The first kappa shape index (κ1) is 18.3. The second kappa shape index (κ2) is 7.83. The lowest BCUT2D eigenvalue weighted by atomic mass is 9.97. The number of unbranched alkanes of at least 4 members (excludes halogenated alkanes) is 1. The third-order valence-electron chi connectivity index (χ3n) is 4.86. The maximum atomic E-state index is 5.71. The fraction of sp³-hybridized carbons (Fsp3) is 0.364. The van der Waals surface area contributed by atoms with Gasteiger partial charge in [0.1, 0.15) is 11.5 Å². The van der Waals surface area contributed by atoms with Gasteiger partial charge in [0.25, 0.3) is 0 Å². The van der Waals surface area contributed by atoms with Crippen molar-refractivity contribution in [3.8, 4) is 22.8 Å². The number of aromatic amines is 1. The zero-order valence-corrected chi connectivity index (χ0v) is 16.1. The van der Waals surface area contributed by atoms with Crippen LogP contribution >= 0.6 is 0 Å². The number of aromatic nitrogens is 1. The number of ether oxygens (including phenoxy) is 2. The molecule has 0 saturated carbocycles. The van der Waals surface area contributed by atoms with Crippen LogP contribution in [-0.2, 0) is 6.42 Å². The number of nitrogens with one attached hydrogen (secondary N) is 1. The Morgan fingerprint density at radius 2 is 1.62 bits per heavy atom. The van der Waals surface area contributed by atoms with Gasteiger partial charge in [-0.1, -0.05) is 6.07 Å². The lowest BCUT2D eigenvalue weighted by Crippen LogP contribution is -1.99. The summed E-state index contributed by atoms with van der Waals surface area (Å²) < 4.78 is 10.9. The van der Waals surface area contributed by atoms with Crippen LogP contribution in [0.4, 0.5) is 0 Å². The van der Waals surface area contributed by atoms with Crippen LogP contribution in [0.1, 0.15) is 29.5 Å². The van der Waals surface area contributed by atoms with Crippen LogP contribution in [0.3, 0.4) is 0 Å². The summed E-state index contributed by atoms with van der Waals surface area (Å²) in [6, 6.07) is 10.5. The molecule has 2 aromatic carbocycles. The first-order valence-corrected chi connectivity index (χ1v) is 9.12. The van der Waals surface area contributed by atoms with Crippen molar-refractivity contribution in [2.45, 2.75) is 33.1 Å². The van der Waals surface area contributed by atoms with Gasteiger partial charge in [0.05, 0.1) is 14.2 Å². The SMILES string of the molecule is COc1cc(OC)cc(-c2[nH]c3cc(C)cc(C)c3c2CCCCN)c1. The highest BCUT2D eigenvalue weighted by atomic mass is 16.5. The molecule has 0 spiro atoms. The minimum atomic E-state index is 0.725. The average Bonchev–Trinajstić information content (AvgIpc) is 3.00. The summed E-state index contributed by atoms with van der Waals surface area (Å²) in [5.74, 6) is 1.58. The van der Waals surface area contributed by atoms with Crippen molar-refractivity contribution in [1.29, 1.82) is 0 Å². The standard InChI is InChI=1S/C22H28N2O2/c1-14-9-15(2)21-19(7-5-6-8-23)22(24-20(21)10-14)16-11-17(25-3)13-18(12-16)26-4/h9-13,24H,5-8,23H2,1-4H3. The smallest absolute Gasteiger partial charge is 0.123 e. The van der Waals surface area contributed by atoms with Gasteiger partial charge in [0.2, 0.25) is 0 Å². The van der Waals surface area contributed by atoms with E-state index in [0.29, 0.717) is 0 Å². The van der Waals surface area contributed by atoms with E-state index in [9.17, 15) is 0 Å². The Labute approximate surface area is 155 Å². The molecule has 0 aliphatic heterocycles. The molecular formula is C22H28N2O2. The molecule has 1 heterocycles. The van der Waals surface area contributed by atoms with Crippen LogP contribution in [0.25, 0.3) is 22.2 Å². The van der Waals surface area contributed by atoms with E-state index in [1.807, 2.05) is 6.07 Å². The van der Waals surface area contributed by atoms with E-state index in [-0.39, 0.29) is 0 Å². The van der Waals surface area contributed by atoms with Gasteiger partial charge in [-0.15, -0.1) is 0 Å². The first-order chi connectivity index (χ1) is 12.6. The van der Waals surface area contributed by atoms with Gasteiger partial charge in [-0.3, -0.25) is 0 Å². The highest BCUT2D eigenvalue weighted by molar-refractivity contribution is 5.94. The molecule has 3 N–H and O–H groups in total. The van der Waals surface area contributed by atoms with Crippen molar-refractivity contribution < 1.29 is 9.47 Å². The molecule has 0 aliphatic rings. The molecular weight excluding hydrogens is 324 g/mol. The predicted octanol–water partition coefficient (Wildman–Crippen LogP) is 4.75. The van der Waals surface area contributed by atoms with Crippen LogP contribution in [-0.4, -0.2) is 25.7 Å². The van der Waals surface area contributed by atoms with E-state index in [0.717, 1.165) is 48.6 Å². The summed E-state index contributed by atoms with van der Waals surface area (Å²) in [5, 5.41) is 1.32. The fourth-order valence-corrected chi connectivity index (χ4v) is 3.70. The molecule has 3 aromatic rings. The Morgan fingerprint density at radius 1 is 0.923 bits per heavy atom. The lowest BCUT2D eigenvalue weighted by Gasteiger charge is -2.10. The van der Waals surface area contributed by atoms with Crippen molar-refractivity contribution in [3.05, 3.63) is 47.0 Å². The molecule has 0 saturated heterocycles. The van der Waals surface area contributed by atoms with Gasteiger partial charge in [0, 0.05) is 28.2 Å². The zero-order valence-electron chi connectivity index (χ0n) is 16.1. The maximum Gasteiger partial charge on any atom is 0.123 e. The molecule has 0 bridgehead atoms. The summed E-state index contributed by atoms with van der Waals surface area (Å²) in [6.07, 6.45) is 3.10. The summed E-state index contributed by atoms with van der Waals surface area (Å²) in [4.78, 5) is 3.65. The van der Waals surface area contributed by atoms with E-state index in [2.05, 4.69) is 43.1 Å². The van der Waals surface area contributed by atoms with Crippen LogP contribution in [0.15, 0.2) is 30.3 Å². The van der Waals surface area contributed by atoms with Gasteiger partial charge in [-0.2, -0.15) is 0 Å². The molecule has 26 heavy (non-hydrogen) atoms. The second-order valence-electron chi connectivity index (χ2n) is 6.83. The predicted molar refractivity (Wildman–Crippen MR) is 108 cm³/mol. The minimum Gasteiger partial charge on any atom is -0.497 e. The number of aryl methyl sites for hydroxylation is 3. The minimum absolute atomic E-state index is 0.725. The van der Waals surface area contributed by atoms with Gasteiger partial charge >= 0.3 is 0 Å². The molecule has 0 atom stereocenters. The zero-order chi connectivity index (χ0) is 18.7. The molecule has 0 aliphatic carbocycles. The van der Waals surface area contributed by atoms with Crippen LogP contribution in [0, 0.1) is 13.8 Å². The van der Waals surface area contributed by atoms with Crippen molar-refractivity contribution >= 4 is 10.9 Å². The molecule has 138 valence electrons. The van der Waals surface area contributed by atoms with E-state index >= 15 is 0 Å². The molecule has 0 amide bonds. The van der Waals surface area contributed by atoms with Gasteiger partial charge in [-0.25, -0.2) is 0 Å². The summed E-state index contributed by atoms with van der Waals surface area (Å²) in [5.41, 5.74) is 13.0. The van der Waals surface area contributed by atoms with Crippen molar-refractivity contribution in [2.24, 2.45) is 5.73 Å². The van der Waals surface area contributed by atoms with E-state index < -0.39 is 0 Å². The average molecular weight is 352 g/mol. The van der Waals surface area contributed by atoms with E-state index in [1.54, 1.807) is 14.2 Å². The number of H-pyrrole nitrogens is 1. The monoisotopic (exact) mass is 352 g/mol. The van der Waals surface area contributed by atoms with Crippen LogP contribution < -0.4 is 15.2 Å². The lowest BCUT2D eigenvalue weighted by molar-refractivity contribution is 0.394. The Hall–Kier alpha value is -2.46. The summed E-state index contributed by atoms with van der Waals surface area (Å²) in [7, 11) is 3.36. The van der Waals surface area contributed by atoms with E-state index in [1.165, 1.54) is 27.6 Å². The van der Waals surface area contributed by atoms with Crippen LogP contribution in [0.2, 0.25) is 0 Å². The number of hydrogen-bond acceptors (Lipinski definition) is 3. The molecule has 3 rings (SSSR count). The third kappa shape index (κ3) is 3.56. The van der Waals surface area contributed by atoms with Gasteiger partial charge in [-0.05, 0) is 74.5 Å². The molecule has 4 heteroatoms. The Balaban J connectivity index is 2.21. The third-order valence-corrected chi connectivity index (χ3v) is 4.86. The maximum absolute atomic E-state index is 5.71. The summed E-state index contributed by atoms with van der Waals surface area (Å²) in [6.45, 7) is 5.05. The topological polar surface area (TPSA) is 60.3 Å². The molecule has 1 aromatic heterocycles. The number of fused-ring (bicyclic) bond motifs is 1. The van der Waals surface area contributed by atoms with Crippen LogP contribution in [0.5, 0.6) is 11.5 Å². The molecule has 0 radical (unpaired) electrons. The Kier molecular flexibility index (Phi) is 5.52. The Bertz CT molecular complexity index is 890. The van der Waals surface area contributed by atoms with Gasteiger partial charge in [0.15, 0.2) is 0 Å². The Morgan fingerprint density at radius 3 is 2.23 bits per heavy atom. The molecule has 0 fully saturated rings. The highest BCUT2D eigenvalue weighted by Gasteiger charge is 2.16. The quantitative estimate of drug-likeness (QED) is 0.603. The molecule has 0 unspecified atom stereocenters. The normalized spacial score (nSPS) is 11.1. The van der Waals surface area contributed by atoms with Crippen molar-refractivity contribution in [2.75, 3.05) is 20.8 Å². The summed E-state index contributed by atoms with van der Waals surface area (Å²) >= 11 is 0. The van der Waals surface area contributed by atoms with E-state index in [4.69, 9.17) is 15.2 Å². The second-order valence-corrected chi connectivity index (χ2v) is 6.83. The largest absolute Gasteiger partial charge is 0.497 e. The number of hydrogen-bond donors (Lipinski definition) is 2. The number of methoxy groups -OCH3 is 2. The fourth-order valence-electron chi connectivity index (χ4n) is 3.70. The van der Waals surface area contributed by atoms with Crippen molar-refractivity contribution in [1.82, 2.24) is 4.98 Å². The van der Waals surface area contributed by atoms with Gasteiger partial charge < -0.3 is 20.2 Å². The molecule has 4 nitrogen and oxygen atoms in total. The number of rotatable bonds is 7. The highest BCUT2D eigenvalue weighted by Crippen LogP contribution is 2.37. The number of benzene rings is 2. The first-order valence-electron chi connectivity index (χ1n) is 9.12.